The van der Waals surface area contributed by atoms with E-state index in [2.05, 4.69) is 25.5 Å². The zero-order valence-electron chi connectivity index (χ0n) is 14.0. The molecule has 1 unspecified atom stereocenters. The fourth-order valence-corrected chi connectivity index (χ4v) is 2.44. The van der Waals surface area contributed by atoms with Crippen LogP contribution >= 0.6 is 11.6 Å². The van der Waals surface area contributed by atoms with E-state index in [0.717, 1.165) is 5.56 Å². The van der Waals surface area contributed by atoms with Gasteiger partial charge in [0.1, 0.15) is 11.8 Å². The molecule has 27 heavy (non-hydrogen) atoms. The van der Waals surface area contributed by atoms with Crippen molar-refractivity contribution in [2.75, 3.05) is 5.32 Å². The maximum absolute atomic E-state index is 12.4. The van der Waals surface area contributed by atoms with Gasteiger partial charge >= 0.3 is 6.61 Å². The van der Waals surface area contributed by atoms with Crippen molar-refractivity contribution in [2.45, 2.75) is 19.6 Å². The van der Waals surface area contributed by atoms with Crippen molar-refractivity contribution < 1.29 is 18.3 Å². The minimum atomic E-state index is -2.99. The maximum Gasteiger partial charge on any atom is 0.387 e. The number of nitrogens with zero attached hydrogens (tertiary/aromatic N) is 4. The number of halogens is 3. The Morgan fingerprint density at radius 3 is 2.63 bits per heavy atom. The standard InChI is InChI=1S/C17H14ClF2N5O2/c1-10(25-23-15(22-24-25)11-5-3-2-4-6-11)16(26)21-12-7-8-14(13(18)9-12)27-17(19)20/h2-10,17H,1H3,(H,21,26). The van der Waals surface area contributed by atoms with Crippen molar-refractivity contribution in [3.63, 3.8) is 0 Å². The molecule has 10 heteroatoms. The highest BCUT2D eigenvalue weighted by atomic mass is 35.5. The van der Waals surface area contributed by atoms with Gasteiger partial charge in [0.2, 0.25) is 5.82 Å². The van der Waals surface area contributed by atoms with Crippen LogP contribution < -0.4 is 10.1 Å². The van der Waals surface area contributed by atoms with E-state index in [1.807, 2.05) is 30.3 Å². The van der Waals surface area contributed by atoms with Gasteiger partial charge in [0, 0.05) is 11.3 Å². The van der Waals surface area contributed by atoms with Gasteiger partial charge in [-0.25, -0.2) is 0 Å². The number of hydrogen-bond donors (Lipinski definition) is 1. The number of hydrogen-bond acceptors (Lipinski definition) is 5. The van der Waals surface area contributed by atoms with Gasteiger partial charge in [-0.3, -0.25) is 4.79 Å². The predicted molar refractivity (Wildman–Crippen MR) is 94.7 cm³/mol. The number of alkyl halides is 2. The molecule has 0 aliphatic rings. The number of aromatic nitrogens is 4. The number of benzene rings is 2. The van der Waals surface area contributed by atoms with Gasteiger partial charge in [0.25, 0.3) is 5.91 Å². The molecule has 0 radical (unpaired) electrons. The molecule has 0 saturated carbocycles. The number of carbonyl (C=O) groups is 1. The first kappa shape index (κ1) is 18.7. The molecule has 1 atom stereocenters. The number of amides is 1. The van der Waals surface area contributed by atoms with E-state index in [0.29, 0.717) is 11.5 Å². The first-order valence-corrected chi connectivity index (χ1v) is 8.22. The molecule has 0 aliphatic carbocycles. The fraction of sp³-hybridized carbons (Fsp3) is 0.176. The molecule has 7 nitrogen and oxygen atoms in total. The molecule has 2 aromatic carbocycles. The Kier molecular flexibility index (Phi) is 5.60. The van der Waals surface area contributed by atoms with E-state index in [1.165, 1.54) is 23.0 Å². The van der Waals surface area contributed by atoms with E-state index >= 15 is 0 Å². The number of rotatable bonds is 6. The quantitative estimate of drug-likeness (QED) is 0.689. The topological polar surface area (TPSA) is 81.9 Å². The summed E-state index contributed by atoms with van der Waals surface area (Å²) in [7, 11) is 0. The Labute approximate surface area is 157 Å². The first-order chi connectivity index (χ1) is 12.9. The van der Waals surface area contributed by atoms with Crippen molar-refractivity contribution in [2.24, 2.45) is 0 Å². The molecule has 1 aromatic heterocycles. The van der Waals surface area contributed by atoms with Crippen molar-refractivity contribution in [3.05, 3.63) is 53.6 Å². The third-order valence-electron chi connectivity index (χ3n) is 3.60. The number of anilines is 1. The molecular weight excluding hydrogens is 380 g/mol. The minimum absolute atomic E-state index is 0.0500. The molecule has 0 saturated heterocycles. The van der Waals surface area contributed by atoms with Crippen LogP contribution in [-0.4, -0.2) is 32.7 Å². The second-order valence-electron chi connectivity index (χ2n) is 5.49. The molecule has 1 heterocycles. The zero-order chi connectivity index (χ0) is 19.4. The number of tetrazole rings is 1. The largest absolute Gasteiger partial charge is 0.433 e. The van der Waals surface area contributed by atoms with Crippen molar-refractivity contribution >= 4 is 23.2 Å². The summed E-state index contributed by atoms with van der Waals surface area (Å²) < 4.78 is 28.8. The third-order valence-corrected chi connectivity index (χ3v) is 3.90. The lowest BCUT2D eigenvalue weighted by molar-refractivity contribution is -0.119. The molecule has 0 spiro atoms. The average molecular weight is 394 g/mol. The Morgan fingerprint density at radius 1 is 1.22 bits per heavy atom. The average Bonchev–Trinajstić information content (AvgIpc) is 3.14. The summed E-state index contributed by atoms with van der Waals surface area (Å²) in [6.07, 6.45) is 0. The summed E-state index contributed by atoms with van der Waals surface area (Å²) in [6.45, 7) is -1.39. The molecule has 1 amide bonds. The van der Waals surface area contributed by atoms with Gasteiger partial charge in [-0.2, -0.15) is 13.6 Å². The predicted octanol–water partition coefficient (Wildman–Crippen LogP) is 3.79. The maximum atomic E-state index is 12.4. The molecule has 0 aliphatic heterocycles. The van der Waals surface area contributed by atoms with E-state index in [1.54, 1.807) is 6.92 Å². The molecular formula is C17H14ClF2N5O2. The normalized spacial score (nSPS) is 12.0. The Morgan fingerprint density at radius 2 is 1.96 bits per heavy atom. The SMILES string of the molecule is CC(C(=O)Nc1ccc(OC(F)F)c(Cl)c1)n1nnc(-c2ccccc2)n1. The Bertz CT molecular complexity index is 936. The molecule has 3 aromatic rings. The highest BCUT2D eigenvalue weighted by molar-refractivity contribution is 6.32. The summed E-state index contributed by atoms with van der Waals surface area (Å²) in [4.78, 5) is 13.6. The minimum Gasteiger partial charge on any atom is -0.433 e. The smallest absolute Gasteiger partial charge is 0.387 e. The summed E-state index contributed by atoms with van der Waals surface area (Å²) in [6, 6.07) is 12.4. The van der Waals surface area contributed by atoms with Crippen LogP contribution in [-0.2, 0) is 4.79 Å². The lowest BCUT2D eigenvalue weighted by Gasteiger charge is -2.12. The summed E-state index contributed by atoms with van der Waals surface area (Å²) >= 11 is 5.88. The first-order valence-electron chi connectivity index (χ1n) is 7.84. The number of carbonyl (C=O) groups excluding carboxylic acids is 1. The van der Waals surface area contributed by atoms with Crippen molar-refractivity contribution in [1.29, 1.82) is 0 Å². The van der Waals surface area contributed by atoms with Crippen LogP contribution in [0.1, 0.15) is 13.0 Å². The molecule has 1 N–H and O–H groups in total. The van der Waals surface area contributed by atoms with E-state index in [9.17, 15) is 13.6 Å². The zero-order valence-corrected chi connectivity index (χ0v) is 14.8. The van der Waals surface area contributed by atoms with Crippen LogP contribution in [0.5, 0.6) is 5.75 Å². The van der Waals surface area contributed by atoms with E-state index in [-0.39, 0.29) is 10.8 Å². The van der Waals surface area contributed by atoms with E-state index < -0.39 is 18.6 Å². The van der Waals surface area contributed by atoms with Gasteiger partial charge in [-0.05, 0) is 30.3 Å². The van der Waals surface area contributed by atoms with E-state index in [4.69, 9.17) is 11.6 Å². The van der Waals surface area contributed by atoms with Gasteiger partial charge in [-0.1, -0.05) is 41.9 Å². The summed E-state index contributed by atoms with van der Waals surface area (Å²) in [5.41, 5.74) is 1.10. The number of ether oxygens (including phenoxy) is 1. The summed E-state index contributed by atoms with van der Waals surface area (Å²) in [5, 5.41) is 14.6. The monoisotopic (exact) mass is 393 g/mol. The van der Waals surface area contributed by atoms with Crippen molar-refractivity contribution in [3.8, 4) is 17.1 Å². The van der Waals surface area contributed by atoms with Crippen LogP contribution in [0.3, 0.4) is 0 Å². The second kappa shape index (κ2) is 8.09. The lowest BCUT2D eigenvalue weighted by atomic mass is 10.2. The number of nitrogens with one attached hydrogen (secondary N) is 1. The van der Waals surface area contributed by atoms with Crippen LogP contribution in [0.15, 0.2) is 48.5 Å². The summed E-state index contributed by atoms with van der Waals surface area (Å²) in [5.74, 6) is -0.208. The van der Waals surface area contributed by atoms with Gasteiger partial charge in [0.15, 0.2) is 0 Å². The molecule has 140 valence electrons. The van der Waals surface area contributed by atoms with Crippen LogP contribution in [0.4, 0.5) is 14.5 Å². The fourth-order valence-electron chi connectivity index (χ4n) is 2.21. The molecule has 0 bridgehead atoms. The Balaban J connectivity index is 1.69. The van der Waals surface area contributed by atoms with Crippen LogP contribution in [0, 0.1) is 0 Å². The second-order valence-corrected chi connectivity index (χ2v) is 5.90. The Hall–Kier alpha value is -3.07. The van der Waals surface area contributed by atoms with Crippen LogP contribution in [0.2, 0.25) is 5.02 Å². The highest BCUT2D eigenvalue weighted by Crippen LogP contribution is 2.29. The van der Waals surface area contributed by atoms with Crippen molar-refractivity contribution in [1.82, 2.24) is 20.2 Å². The highest BCUT2D eigenvalue weighted by Gasteiger charge is 2.19. The van der Waals surface area contributed by atoms with Gasteiger partial charge in [-0.15, -0.1) is 10.2 Å². The van der Waals surface area contributed by atoms with Gasteiger partial charge < -0.3 is 10.1 Å². The third kappa shape index (κ3) is 4.56. The molecule has 0 fully saturated rings. The lowest BCUT2D eigenvalue weighted by Crippen LogP contribution is -2.25. The molecule has 3 rings (SSSR count). The van der Waals surface area contributed by atoms with Crippen LogP contribution in [0.25, 0.3) is 11.4 Å². The van der Waals surface area contributed by atoms with Gasteiger partial charge in [0.05, 0.1) is 5.02 Å².